The van der Waals surface area contributed by atoms with Crippen LogP contribution in [0.5, 0.6) is 0 Å². The Hall–Kier alpha value is -2.11. The molecule has 6 N–H and O–H groups in total. The van der Waals surface area contributed by atoms with Gasteiger partial charge in [-0.3, -0.25) is 4.90 Å². The molecule has 0 unspecified atom stereocenters. The fourth-order valence-electron chi connectivity index (χ4n) is 4.38. The molecule has 0 saturated heterocycles. The van der Waals surface area contributed by atoms with Crippen LogP contribution in [0.15, 0.2) is 0 Å². The summed E-state index contributed by atoms with van der Waals surface area (Å²) in [5, 5.41) is 3.51. The highest BCUT2D eigenvalue weighted by Gasteiger charge is 2.29. The molecule has 0 aliphatic heterocycles. The van der Waals surface area contributed by atoms with Crippen LogP contribution < -0.4 is 66.9 Å². The van der Waals surface area contributed by atoms with Crippen LogP contribution in [0.2, 0.25) is 0 Å². The maximum Gasteiger partial charge on any atom is 0.200 e. The summed E-state index contributed by atoms with van der Waals surface area (Å²) in [5.41, 5.74) is -3.30. The standard InChI is InChI=1S/C27H21F15N4.3BrH/c28-13-10(14(29)20(35)25(40)19(13)34)7-43-1-4-46(5-2-44-8-11-15(30)21(36)26(41)22(37)16(11)31)6-3-45-9-12-17(32)23(38)27(42)24(39)18(12)33;;;/h43-45H,1-9H2;3*1H. The number of benzene rings is 3. The molecule has 3 aromatic rings. The van der Waals surface area contributed by atoms with Crippen molar-refractivity contribution in [3.8, 4) is 0 Å². The third-order valence-corrected chi connectivity index (χ3v) is 6.90. The molecule has 0 spiro atoms. The number of hydrogen-bond donors (Lipinski definition) is 3. The van der Waals surface area contributed by atoms with E-state index in [2.05, 4.69) is 0 Å². The Labute approximate surface area is 299 Å². The van der Waals surface area contributed by atoms with Crippen LogP contribution >= 0.6 is 0 Å². The first-order valence-electron chi connectivity index (χ1n) is 13.3. The number of halogens is 18. The third-order valence-electron chi connectivity index (χ3n) is 6.90. The topological polar surface area (TPSA) is 53.1 Å². The smallest absolute Gasteiger partial charge is 0.200 e. The van der Waals surface area contributed by atoms with Gasteiger partial charge in [-0.15, -0.1) is 0 Å². The van der Waals surface area contributed by atoms with Gasteiger partial charge in [0.1, 0.15) is 19.6 Å². The van der Waals surface area contributed by atoms with Gasteiger partial charge >= 0.3 is 0 Å². The van der Waals surface area contributed by atoms with Crippen LogP contribution in [0.1, 0.15) is 16.7 Å². The lowest BCUT2D eigenvalue weighted by Crippen LogP contribution is -3.00. The predicted octanol–water partition coefficient (Wildman–Crippen LogP) is -6.32. The van der Waals surface area contributed by atoms with Crippen LogP contribution in [0, 0.1) is 87.3 Å². The van der Waals surface area contributed by atoms with E-state index >= 15 is 0 Å². The Kier molecular flexibility index (Phi) is 19.8. The van der Waals surface area contributed by atoms with E-state index in [-0.39, 0.29) is 90.2 Å². The maximum absolute atomic E-state index is 13.9. The Morgan fingerprint density at radius 3 is 0.633 bits per heavy atom. The second-order valence-electron chi connectivity index (χ2n) is 9.83. The molecule has 4 nitrogen and oxygen atoms in total. The fraction of sp³-hybridized carbons (Fsp3) is 0.333. The van der Waals surface area contributed by atoms with E-state index in [0.717, 1.165) is 0 Å². The monoisotopic (exact) mass is 926 g/mol. The van der Waals surface area contributed by atoms with Gasteiger partial charge in [-0.2, -0.15) is 0 Å². The zero-order chi connectivity index (χ0) is 34.5. The minimum absolute atomic E-state index is 0. The van der Waals surface area contributed by atoms with Gasteiger partial charge in [0.15, 0.2) is 69.8 Å². The highest BCUT2D eigenvalue weighted by atomic mass is 79.9. The van der Waals surface area contributed by atoms with Gasteiger partial charge in [0, 0.05) is 19.6 Å². The second-order valence-corrected chi connectivity index (χ2v) is 9.83. The zero-order valence-corrected chi connectivity index (χ0v) is 29.1. The Balaban J connectivity index is 0.00000768. The molecule has 0 fully saturated rings. The maximum atomic E-state index is 13.9. The van der Waals surface area contributed by atoms with Gasteiger partial charge in [0.2, 0.25) is 17.5 Å². The molecule has 0 aliphatic carbocycles. The van der Waals surface area contributed by atoms with Gasteiger partial charge in [-0.1, -0.05) is 0 Å². The van der Waals surface area contributed by atoms with Crippen molar-refractivity contribution >= 4 is 0 Å². The summed E-state index contributed by atoms with van der Waals surface area (Å²) < 4.78 is 204. The molecule has 49 heavy (non-hydrogen) atoms. The number of hydrogen-bond acceptors (Lipinski definition) is 1. The summed E-state index contributed by atoms with van der Waals surface area (Å²) in [5.74, 6) is -32.1. The van der Waals surface area contributed by atoms with Crippen molar-refractivity contribution in [1.82, 2.24) is 4.90 Å². The van der Waals surface area contributed by atoms with Crippen molar-refractivity contribution in [2.75, 3.05) is 39.3 Å². The van der Waals surface area contributed by atoms with Crippen LogP contribution in [0.3, 0.4) is 0 Å². The molecule has 0 bridgehead atoms. The van der Waals surface area contributed by atoms with Gasteiger partial charge in [0.05, 0.1) is 36.3 Å². The van der Waals surface area contributed by atoms with E-state index in [1.165, 1.54) is 20.9 Å². The zero-order valence-electron chi connectivity index (χ0n) is 24.3. The first-order valence-corrected chi connectivity index (χ1v) is 13.3. The Morgan fingerprint density at radius 1 is 0.286 bits per heavy atom. The van der Waals surface area contributed by atoms with Crippen molar-refractivity contribution in [3.05, 3.63) is 104 Å². The quantitative estimate of drug-likeness (QED) is 0.0606. The first-order chi connectivity index (χ1) is 21.6. The van der Waals surface area contributed by atoms with Crippen molar-refractivity contribution < 1.29 is 133 Å². The SMILES string of the molecule is Fc1c(F)c(F)c(C[NH2+]CCN(CC[NH2+]Cc2c(F)c(F)c(F)c(F)c2F)CC[NH2+]Cc2c(F)c(F)c(F)c(F)c2F)c(F)c1F.[Br-].[Br-].[Br-]. The summed E-state index contributed by atoms with van der Waals surface area (Å²) in [4.78, 5) is 1.53. The van der Waals surface area contributed by atoms with E-state index in [0.29, 0.717) is 0 Å². The minimum atomic E-state index is -2.34. The summed E-state index contributed by atoms with van der Waals surface area (Å²) >= 11 is 0. The average molecular weight is 929 g/mol. The van der Waals surface area contributed by atoms with E-state index in [4.69, 9.17) is 0 Å². The lowest BCUT2D eigenvalue weighted by molar-refractivity contribution is -0.679. The average Bonchev–Trinajstić information content (AvgIpc) is 3.04. The van der Waals surface area contributed by atoms with Crippen LogP contribution in [-0.2, 0) is 19.6 Å². The molecule has 278 valence electrons. The highest BCUT2D eigenvalue weighted by Crippen LogP contribution is 2.24. The molecular formula is C27H24Br3F15N4. The third kappa shape index (κ3) is 10.7. The summed E-state index contributed by atoms with van der Waals surface area (Å²) in [7, 11) is 0. The van der Waals surface area contributed by atoms with Gasteiger partial charge in [0.25, 0.3) is 0 Å². The van der Waals surface area contributed by atoms with E-state index in [1.807, 2.05) is 0 Å². The number of nitrogens with two attached hydrogens (primary N) is 3. The molecule has 22 heteroatoms. The lowest BCUT2D eigenvalue weighted by atomic mass is 10.1. The minimum Gasteiger partial charge on any atom is -1.00 e. The van der Waals surface area contributed by atoms with Gasteiger partial charge < -0.3 is 66.9 Å². The number of quaternary nitrogens is 3. The molecule has 3 rings (SSSR count). The predicted molar refractivity (Wildman–Crippen MR) is 127 cm³/mol. The van der Waals surface area contributed by atoms with E-state index in [1.54, 1.807) is 0 Å². The molecule has 0 aromatic heterocycles. The van der Waals surface area contributed by atoms with Gasteiger partial charge in [-0.25, -0.2) is 65.9 Å². The number of rotatable bonds is 15. The molecular weight excluding hydrogens is 905 g/mol. The summed E-state index contributed by atoms with van der Waals surface area (Å²) in [6, 6.07) is 0. The van der Waals surface area contributed by atoms with E-state index < -0.39 is 124 Å². The van der Waals surface area contributed by atoms with Crippen LogP contribution in [-0.4, -0.2) is 44.2 Å². The summed E-state index contributed by atoms with van der Waals surface area (Å²) in [6.07, 6.45) is 0. The molecule has 0 radical (unpaired) electrons. The normalized spacial score (nSPS) is 11.0. The number of nitrogens with zero attached hydrogens (tertiary/aromatic N) is 1. The van der Waals surface area contributed by atoms with Crippen LogP contribution in [0.4, 0.5) is 65.9 Å². The van der Waals surface area contributed by atoms with Gasteiger partial charge in [-0.05, 0) is 0 Å². The summed E-state index contributed by atoms with van der Waals surface area (Å²) in [6.45, 7) is -2.31. The molecule has 0 atom stereocenters. The largest absolute Gasteiger partial charge is 1.00 e. The molecule has 0 amide bonds. The molecule has 0 saturated carbocycles. The Bertz CT molecular complexity index is 1330. The molecule has 0 aliphatic rings. The van der Waals surface area contributed by atoms with E-state index in [9.17, 15) is 65.9 Å². The van der Waals surface area contributed by atoms with Crippen molar-refractivity contribution in [2.45, 2.75) is 19.6 Å². The second kappa shape index (κ2) is 20.7. The fourth-order valence-corrected chi connectivity index (χ4v) is 4.38. The van der Waals surface area contributed by atoms with Crippen molar-refractivity contribution in [1.29, 1.82) is 0 Å². The molecule has 0 heterocycles. The van der Waals surface area contributed by atoms with Crippen molar-refractivity contribution in [2.24, 2.45) is 0 Å². The Morgan fingerprint density at radius 2 is 0.449 bits per heavy atom. The van der Waals surface area contributed by atoms with Crippen LogP contribution in [0.25, 0.3) is 0 Å². The highest BCUT2D eigenvalue weighted by molar-refractivity contribution is 5.25. The lowest BCUT2D eigenvalue weighted by Gasteiger charge is -2.20. The first kappa shape index (κ1) is 46.9. The van der Waals surface area contributed by atoms with Crippen molar-refractivity contribution in [3.63, 3.8) is 0 Å². The molecule has 3 aromatic carbocycles.